The fraction of sp³-hybridized carbons (Fsp3) is 0.0667. The summed E-state index contributed by atoms with van der Waals surface area (Å²) in [5, 5.41) is 14.9. The van der Waals surface area contributed by atoms with E-state index in [1.54, 1.807) is 6.08 Å². The van der Waals surface area contributed by atoms with Gasteiger partial charge in [0, 0.05) is 52.5 Å². The summed E-state index contributed by atoms with van der Waals surface area (Å²) in [4.78, 5) is 0. The molecule has 0 saturated heterocycles. The number of nitrogens with two attached hydrogens (primary N) is 3. The van der Waals surface area contributed by atoms with Crippen molar-refractivity contribution in [3.8, 4) is 0 Å². The normalized spacial score (nSPS) is 13.2. The number of nitrogen functional groups attached to an aromatic ring is 3. The number of benzene rings is 3. The van der Waals surface area contributed by atoms with E-state index in [0.717, 1.165) is 34.6 Å². The molecule has 3 aromatic carbocycles. The average molecular weight is 464 g/mol. The third-order valence-corrected chi connectivity index (χ3v) is 4.78. The number of anilines is 3. The van der Waals surface area contributed by atoms with Crippen LogP contribution in [0.15, 0.2) is 127 Å². The Balaban J connectivity index is 0.000000176. The van der Waals surface area contributed by atoms with Crippen LogP contribution in [0, 0.1) is 10.8 Å². The van der Waals surface area contributed by atoms with Crippen molar-refractivity contribution in [1.82, 2.24) is 0 Å². The summed E-state index contributed by atoms with van der Waals surface area (Å²) in [6.07, 6.45) is 15.0. The Bertz CT molecular complexity index is 1150. The van der Waals surface area contributed by atoms with Crippen LogP contribution < -0.4 is 17.2 Å². The second kappa shape index (κ2) is 15.2. The molecule has 0 unspecified atom stereocenters. The minimum Gasteiger partial charge on any atom is -0.399 e. The fourth-order valence-electron chi connectivity index (χ4n) is 2.97. The lowest BCUT2D eigenvalue weighted by Crippen LogP contribution is -2.04. The molecule has 0 amide bonds. The van der Waals surface area contributed by atoms with Gasteiger partial charge in [0.1, 0.15) is 0 Å². The van der Waals surface area contributed by atoms with Gasteiger partial charge in [-0.1, -0.05) is 91.1 Å². The molecule has 178 valence electrons. The smallest absolute Gasteiger partial charge is 0.0430 e. The molecular formula is C30H33N5. The van der Waals surface area contributed by atoms with E-state index in [9.17, 15) is 0 Å². The van der Waals surface area contributed by atoms with Crippen LogP contribution in [0.5, 0.6) is 0 Å². The zero-order valence-electron chi connectivity index (χ0n) is 19.8. The molecular weight excluding hydrogens is 430 g/mol. The van der Waals surface area contributed by atoms with Crippen LogP contribution in [-0.4, -0.2) is 11.4 Å². The maximum absolute atomic E-state index is 7.80. The first-order valence-corrected chi connectivity index (χ1v) is 11.3. The van der Waals surface area contributed by atoms with Gasteiger partial charge in [0.15, 0.2) is 0 Å². The molecule has 0 spiro atoms. The molecule has 5 heteroatoms. The van der Waals surface area contributed by atoms with E-state index in [1.807, 2.05) is 121 Å². The van der Waals surface area contributed by atoms with Crippen molar-refractivity contribution >= 4 is 34.1 Å². The standard InChI is InChI=1S/C12H12N2.3C6H7N/c13-11-7-3-1-5-9(11)10-6-2-4-8-12(10)14;3*7-6-4-2-1-3-5-6/h1-7,14H,8,13H2;1-4,7H,5H2;2*1-5H,7H2. The predicted molar refractivity (Wildman–Crippen MR) is 153 cm³/mol. The zero-order valence-corrected chi connectivity index (χ0v) is 19.8. The van der Waals surface area contributed by atoms with Gasteiger partial charge in [0.2, 0.25) is 0 Å². The van der Waals surface area contributed by atoms with E-state index < -0.39 is 0 Å². The van der Waals surface area contributed by atoms with Gasteiger partial charge in [-0.15, -0.1) is 0 Å². The molecule has 0 heterocycles. The van der Waals surface area contributed by atoms with Crippen LogP contribution >= 0.6 is 0 Å². The highest BCUT2D eigenvalue weighted by Crippen LogP contribution is 2.25. The summed E-state index contributed by atoms with van der Waals surface area (Å²) in [6.45, 7) is 0. The first-order valence-electron chi connectivity index (χ1n) is 11.3. The zero-order chi connectivity index (χ0) is 25.3. The summed E-state index contributed by atoms with van der Waals surface area (Å²) >= 11 is 0. The third kappa shape index (κ3) is 10.7. The second-order valence-electron chi connectivity index (χ2n) is 7.62. The van der Waals surface area contributed by atoms with Gasteiger partial charge in [-0.05, 0) is 36.4 Å². The largest absolute Gasteiger partial charge is 0.399 e. The van der Waals surface area contributed by atoms with Crippen LogP contribution in [0.3, 0.4) is 0 Å². The molecule has 0 radical (unpaired) electrons. The number of hydrogen-bond acceptors (Lipinski definition) is 5. The highest BCUT2D eigenvalue weighted by molar-refractivity contribution is 6.25. The number of rotatable bonds is 1. The quantitative estimate of drug-likeness (QED) is 0.258. The summed E-state index contributed by atoms with van der Waals surface area (Å²) in [6, 6.07) is 26.6. The Labute approximate surface area is 208 Å². The van der Waals surface area contributed by atoms with Crippen molar-refractivity contribution in [2.45, 2.75) is 12.8 Å². The highest BCUT2D eigenvalue weighted by atomic mass is 14.6. The van der Waals surface area contributed by atoms with Gasteiger partial charge in [0.25, 0.3) is 0 Å². The maximum Gasteiger partial charge on any atom is 0.0430 e. The lowest BCUT2D eigenvalue weighted by molar-refractivity contribution is 1.37. The first-order chi connectivity index (χ1) is 17.0. The van der Waals surface area contributed by atoms with E-state index in [0.29, 0.717) is 17.8 Å². The van der Waals surface area contributed by atoms with Gasteiger partial charge in [-0.3, -0.25) is 0 Å². The molecule has 5 rings (SSSR count). The number of para-hydroxylation sites is 3. The Hall–Kier alpha value is -4.64. The minimum atomic E-state index is 0.630. The van der Waals surface area contributed by atoms with Crippen molar-refractivity contribution < 1.29 is 0 Å². The van der Waals surface area contributed by atoms with E-state index >= 15 is 0 Å². The van der Waals surface area contributed by atoms with Crippen molar-refractivity contribution in [2.75, 3.05) is 17.2 Å². The lowest BCUT2D eigenvalue weighted by atomic mass is 9.94. The number of allylic oxidation sites excluding steroid dienone is 8. The van der Waals surface area contributed by atoms with Crippen molar-refractivity contribution in [3.63, 3.8) is 0 Å². The van der Waals surface area contributed by atoms with Crippen LogP contribution in [0.2, 0.25) is 0 Å². The van der Waals surface area contributed by atoms with Crippen molar-refractivity contribution in [1.29, 1.82) is 10.8 Å². The molecule has 0 bridgehead atoms. The molecule has 0 aromatic heterocycles. The number of nitrogens with one attached hydrogen (secondary N) is 2. The van der Waals surface area contributed by atoms with Crippen molar-refractivity contribution in [2.24, 2.45) is 0 Å². The lowest BCUT2D eigenvalue weighted by Gasteiger charge is -2.12. The summed E-state index contributed by atoms with van der Waals surface area (Å²) in [5.41, 5.74) is 22.2. The molecule has 0 atom stereocenters. The highest BCUT2D eigenvalue weighted by Gasteiger charge is 2.10. The molecule has 0 aliphatic heterocycles. The second-order valence-corrected chi connectivity index (χ2v) is 7.62. The Morgan fingerprint density at radius 1 is 0.571 bits per heavy atom. The molecule has 2 aliphatic rings. The van der Waals surface area contributed by atoms with Gasteiger partial charge in [-0.25, -0.2) is 0 Å². The molecule has 0 saturated carbocycles. The molecule has 3 aromatic rings. The van der Waals surface area contributed by atoms with Gasteiger partial charge < -0.3 is 28.0 Å². The van der Waals surface area contributed by atoms with Gasteiger partial charge in [-0.2, -0.15) is 0 Å². The molecule has 5 nitrogen and oxygen atoms in total. The van der Waals surface area contributed by atoms with Crippen LogP contribution in [0.25, 0.3) is 5.57 Å². The first kappa shape index (κ1) is 26.6. The van der Waals surface area contributed by atoms with E-state index in [-0.39, 0.29) is 0 Å². The summed E-state index contributed by atoms with van der Waals surface area (Å²) in [5.74, 6) is 0. The van der Waals surface area contributed by atoms with E-state index in [1.165, 1.54) is 0 Å². The summed E-state index contributed by atoms with van der Waals surface area (Å²) in [7, 11) is 0. The predicted octanol–water partition coefficient (Wildman–Crippen LogP) is 6.69. The average Bonchev–Trinajstić information content (AvgIpc) is 2.88. The molecule has 8 N–H and O–H groups in total. The fourth-order valence-corrected chi connectivity index (χ4v) is 2.97. The molecule has 35 heavy (non-hydrogen) atoms. The van der Waals surface area contributed by atoms with E-state index in [4.69, 9.17) is 28.0 Å². The Morgan fingerprint density at radius 3 is 1.51 bits per heavy atom. The topological polar surface area (TPSA) is 126 Å². The maximum atomic E-state index is 7.80. The Morgan fingerprint density at radius 2 is 1.11 bits per heavy atom. The van der Waals surface area contributed by atoms with Gasteiger partial charge in [0.05, 0.1) is 0 Å². The Kier molecular flexibility index (Phi) is 11.6. The van der Waals surface area contributed by atoms with Crippen LogP contribution in [-0.2, 0) is 0 Å². The SMILES string of the molecule is N=C1C=CC=CC1.N=C1CC=CC=C1c1ccccc1N.Nc1ccccc1.Nc1ccccc1. The van der Waals surface area contributed by atoms with Crippen molar-refractivity contribution in [3.05, 3.63) is 133 Å². The van der Waals surface area contributed by atoms with Gasteiger partial charge >= 0.3 is 0 Å². The minimum absolute atomic E-state index is 0.630. The number of hydrogen-bond donors (Lipinski definition) is 5. The summed E-state index contributed by atoms with van der Waals surface area (Å²) < 4.78 is 0. The molecule has 2 aliphatic carbocycles. The van der Waals surface area contributed by atoms with E-state index in [2.05, 4.69) is 0 Å². The van der Waals surface area contributed by atoms with Crippen LogP contribution in [0.4, 0.5) is 17.1 Å². The van der Waals surface area contributed by atoms with Crippen LogP contribution in [0.1, 0.15) is 18.4 Å². The molecule has 0 fully saturated rings. The third-order valence-electron chi connectivity index (χ3n) is 4.78. The monoisotopic (exact) mass is 463 g/mol.